The van der Waals surface area contributed by atoms with Gasteiger partial charge in [-0.05, 0) is 22.9 Å². The van der Waals surface area contributed by atoms with Crippen molar-refractivity contribution >= 4 is 15.9 Å². The van der Waals surface area contributed by atoms with Crippen molar-refractivity contribution in [2.75, 3.05) is 0 Å². The van der Waals surface area contributed by atoms with Crippen LogP contribution in [0.2, 0.25) is 0 Å². The minimum Gasteiger partial charge on any atom is -0.506 e. The van der Waals surface area contributed by atoms with Gasteiger partial charge in [-0.15, -0.1) is 0 Å². The van der Waals surface area contributed by atoms with Crippen LogP contribution in [0.25, 0.3) is 0 Å². The summed E-state index contributed by atoms with van der Waals surface area (Å²) >= 11 is 2.93. The molecule has 0 aliphatic rings. The molecule has 0 spiro atoms. The highest BCUT2D eigenvalue weighted by Crippen LogP contribution is 2.35. The Hall–Kier alpha value is -0.710. The average molecular weight is 238 g/mol. The van der Waals surface area contributed by atoms with Gasteiger partial charge < -0.3 is 5.11 Å². The quantitative estimate of drug-likeness (QED) is 0.815. The van der Waals surface area contributed by atoms with Gasteiger partial charge in [0.25, 0.3) is 6.43 Å². The third-order valence-electron chi connectivity index (χ3n) is 1.43. The highest BCUT2D eigenvalue weighted by molar-refractivity contribution is 9.10. The predicted octanol–water partition coefficient (Wildman–Crippen LogP) is 2.80. The second-order valence-corrected chi connectivity index (χ2v) is 3.05. The zero-order valence-corrected chi connectivity index (χ0v) is 7.77. The SMILES string of the molecule is Cc1ncc(O)c(C(F)F)c1Br. The van der Waals surface area contributed by atoms with Crippen LogP contribution in [0.3, 0.4) is 0 Å². The molecule has 0 unspecified atom stereocenters. The number of hydrogen-bond acceptors (Lipinski definition) is 2. The molecule has 0 bridgehead atoms. The zero-order chi connectivity index (χ0) is 9.30. The molecule has 1 heterocycles. The Morgan fingerprint density at radius 3 is 2.58 bits per heavy atom. The van der Waals surface area contributed by atoms with Crippen LogP contribution in [-0.4, -0.2) is 10.1 Å². The van der Waals surface area contributed by atoms with Crippen LogP contribution in [0.1, 0.15) is 17.7 Å². The minimum absolute atomic E-state index is 0.164. The Bertz CT molecular complexity index is 304. The van der Waals surface area contributed by atoms with Crippen molar-refractivity contribution in [3.05, 3.63) is 21.9 Å². The van der Waals surface area contributed by atoms with E-state index in [-0.39, 0.29) is 4.47 Å². The van der Waals surface area contributed by atoms with Crippen LogP contribution in [0.4, 0.5) is 8.78 Å². The van der Waals surface area contributed by atoms with E-state index in [2.05, 4.69) is 20.9 Å². The van der Waals surface area contributed by atoms with Crippen molar-refractivity contribution in [1.82, 2.24) is 4.98 Å². The van der Waals surface area contributed by atoms with Gasteiger partial charge in [0.1, 0.15) is 5.75 Å². The third-order valence-corrected chi connectivity index (χ3v) is 2.43. The number of hydrogen-bond donors (Lipinski definition) is 1. The first-order chi connectivity index (χ1) is 5.54. The molecule has 1 rings (SSSR count). The normalized spacial score (nSPS) is 10.8. The number of alkyl halides is 2. The number of rotatable bonds is 1. The Balaban J connectivity index is 3.33. The Kier molecular flexibility index (Phi) is 2.62. The summed E-state index contributed by atoms with van der Waals surface area (Å²) in [6.45, 7) is 1.58. The summed E-state index contributed by atoms with van der Waals surface area (Å²) in [6.07, 6.45) is -1.68. The summed E-state index contributed by atoms with van der Waals surface area (Å²) in [7, 11) is 0. The molecule has 1 N–H and O–H groups in total. The maximum absolute atomic E-state index is 12.3. The number of nitrogens with zero attached hydrogens (tertiary/aromatic N) is 1. The maximum Gasteiger partial charge on any atom is 0.268 e. The molecule has 0 radical (unpaired) electrons. The summed E-state index contributed by atoms with van der Waals surface area (Å²) in [5, 5.41) is 9.01. The number of aromatic nitrogens is 1. The Labute approximate surface area is 76.4 Å². The van der Waals surface area contributed by atoms with Gasteiger partial charge in [-0.1, -0.05) is 0 Å². The zero-order valence-electron chi connectivity index (χ0n) is 6.18. The van der Waals surface area contributed by atoms with Gasteiger partial charge >= 0.3 is 0 Å². The molecule has 0 amide bonds. The van der Waals surface area contributed by atoms with E-state index in [0.717, 1.165) is 6.20 Å². The monoisotopic (exact) mass is 237 g/mol. The number of halogens is 3. The van der Waals surface area contributed by atoms with Crippen LogP contribution < -0.4 is 0 Å². The number of aromatic hydroxyl groups is 1. The van der Waals surface area contributed by atoms with Gasteiger partial charge in [-0.3, -0.25) is 4.98 Å². The molecule has 2 nitrogen and oxygen atoms in total. The fourth-order valence-corrected chi connectivity index (χ4v) is 1.28. The summed E-state index contributed by atoms with van der Waals surface area (Å²) < 4.78 is 24.7. The average Bonchev–Trinajstić information content (AvgIpc) is 1.97. The molecule has 12 heavy (non-hydrogen) atoms. The molecule has 0 atom stereocenters. The van der Waals surface area contributed by atoms with Crippen molar-refractivity contribution in [3.8, 4) is 5.75 Å². The molecule has 0 aliphatic heterocycles. The largest absolute Gasteiger partial charge is 0.506 e. The van der Waals surface area contributed by atoms with E-state index in [1.807, 2.05) is 0 Å². The molecule has 0 aromatic carbocycles. The Morgan fingerprint density at radius 1 is 1.58 bits per heavy atom. The number of pyridine rings is 1. The summed E-state index contributed by atoms with van der Waals surface area (Å²) in [4.78, 5) is 3.69. The van der Waals surface area contributed by atoms with Gasteiger partial charge in [-0.2, -0.15) is 0 Å². The van der Waals surface area contributed by atoms with E-state index < -0.39 is 17.7 Å². The third kappa shape index (κ3) is 1.55. The Morgan fingerprint density at radius 2 is 2.17 bits per heavy atom. The second kappa shape index (κ2) is 3.35. The van der Waals surface area contributed by atoms with Crippen molar-refractivity contribution in [2.24, 2.45) is 0 Å². The van der Waals surface area contributed by atoms with Gasteiger partial charge in [-0.25, -0.2) is 8.78 Å². The van der Waals surface area contributed by atoms with Gasteiger partial charge in [0.2, 0.25) is 0 Å². The van der Waals surface area contributed by atoms with E-state index in [1.54, 1.807) is 6.92 Å². The van der Waals surface area contributed by atoms with E-state index in [9.17, 15) is 8.78 Å². The molecule has 0 saturated heterocycles. The first-order valence-corrected chi connectivity index (χ1v) is 3.95. The fraction of sp³-hybridized carbons (Fsp3) is 0.286. The van der Waals surface area contributed by atoms with E-state index in [4.69, 9.17) is 5.11 Å². The lowest BCUT2D eigenvalue weighted by Crippen LogP contribution is -1.92. The summed E-state index contributed by atoms with van der Waals surface area (Å²) in [5.74, 6) is -0.484. The van der Waals surface area contributed by atoms with E-state index in [0.29, 0.717) is 5.69 Å². The van der Waals surface area contributed by atoms with Crippen LogP contribution >= 0.6 is 15.9 Å². The molecule has 0 aliphatic carbocycles. The van der Waals surface area contributed by atoms with Gasteiger partial charge in [0.15, 0.2) is 0 Å². The molecule has 1 aromatic heterocycles. The standard InChI is InChI=1S/C7H6BrF2NO/c1-3-6(8)5(7(9)10)4(12)2-11-3/h2,7,12H,1H3. The second-order valence-electron chi connectivity index (χ2n) is 2.26. The van der Waals surface area contributed by atoms with Crippen LogP contribution in [0.5, 0.6) is 5.75 Å². The van der Waals surface area contributed by atoms with Crippen LogP contribution in [0.15, 0.2) is 10.7 Å². The van der Waals surface area contributed by atoms with Gasteiger partial charge in [0, 0.05) is 0 Å². The topological polar surface area (TPSA) is 33.1 Å². The predicted molar refractivity (Wildman–Crippen MR) is 43.3 cm³/mol. The minimum atomic E-state index is -2.69. The van der Waals surface area contributed by atoms with Crippen molar-refractivity contribution in [3.63, 3.8) is 0 Å². The lowest BCUT2D eigenvalue weighted by Gasteiger charge is -2.06. The number of aryl methyl sites for hydroxylation is 1. The van der Waals surface area contributed by atoms with Crippen LogP contribution in [-0.2, 0) is 0 Å². The van der Waals surface area contributed by atoms with E-state index in [1.165, 1.54) is 0 Å². The van der Waals surface area contributed by atoms with Crippen molar-refractivity contribution < 1.29 is 13.9 Å². The molecule has 1 aromatic rings. The van der Waals surface area contributed by atoms with Gasteiger partial charge in [0.05, 0.1) is 21.9 Å². The first kappa shape index (κ1) is 9.38. The van der Waals surface area contributed by atoms with Crippen molar-refractivity contribution in [1.29, 1.82) is 0 Å². The van der Waals surface area contributed by atoms with Crippen molar-refractivity contribution in [2.45, 2.75) is 13.3 Å². The summed E-state index contributed by atoms with van der Waals surface area (Å²) in [5.41, 5.74) is 0.0330. The molecular weight excluding hydrogens is 232 g/mol. The molecule has 0 fully saturated rings. The molecule has 0 saturated carbocycles. The smallest absolute Gasteiger partial charge is 0.268 e. The fourth-order valence-electron chi connectivity index (χ4n) is 0.799. The molecule has 5 heteroatoms. The lowest BCUT2D eigenvalue weighted by atomic mass is 10.2. The molecule has 66 valence electrons. The highest BCUT2D eigenvalue weighted by Gasteiger charge is 2.18. The maximum atomic E-state index is 12.3. The molecular formula is C7H6BrF2NO. The van der Waals surface area contributed by atoms with E-state index >= 15 is 0 Å². The highest BCUT2D eigenvalue weighted by atomic mass is 79.9. The summed E-state index contributed by atoms with van der Waals surface area (Å²) in [6, 6.07) is 0. The first-order valence-electron chi connectivity index (χ1n) is 3.16. The lowest BCUT2D eigenvalue weighted by molar-refractivity contribution is 0.146. The van der Waals surface area contributed by atoms with Crippen LogP contribution in [0, 0.1) is 6.92 Å².